The molecule has 3 aromatic rings. The SMILES string of the molecule is Cc1cnc(C(=O)N2CCN(NC(=O)c3cnc(-c4ccccc4)nc3)CC2)[nH]1. The third-order valence-electron chi connectivity index (χ3n) is 4.68. The van der Waals surface area contributed by atoms with Gasteiger partial charge in [-0.15, -0.1) is 0 Å². The minimum absolute atomic E-state index is 0.131. The molecule has 9 heteroatoms. The molecule has 0 unspecified atom stereocenters. The molecule has 0 spiro atoms. The Morgan fingerprint density at radius 1 is 0.966 bits per heavy atom. The van der Waals surface area contributed by atoms with Crippen LogP contribution in [-0.2, 0) is 0 Å². The van der Waals surface area contributed by atoms with Gasteiger partial charge in [0.05, 0.1) is 5.56 Å². The van der Waals surface area contributed by atoms with Gasteiger partial charge >= 0.3 is 0 Å². The molecule has 0 aliphatic carbocycles. The molecule has 29 heavy (non-hydrogen) atoms. The van der Waals surface area contributed by atoms with Crippen LogP contribution in [-0.4, -0.2) is 67.8 Å². The fraction of sp³-hybridized carbons (Fsp3) is 0.250. The molecule has 1 aliphatic rings. The van der Waals surface area contributed by atoms with Crippen LogP contribution < -0.4 is 5.43 Å². The second-order valence-electron chi connectivity index (χ2n) is 6.80. The zero-order valence-corrected chi connectivity index (χ0v) is 16.0. The number of amides is 2. The van der Waals surface area contributed by atoms with Crippen molar-refractivity contribution in [3.8, 4) is 11.4 Å². The summed E-state index contributed by atoms with van der Waals surface area (Å²) in [4.78, 5) is 42.2. The van der Waals surface area contributed by atoms with Gasteiger partial charge in [-0.05, 0) is 6.92 Å². The van der Waals surface area contributed by atoms with E-state index in [0.29, 0.717) is 43.4 Å². The highest BCUT2D eigenvalue weighted by atomic mass is 16.2. The minimum atomic E-state index is -0.272. The molecule has 9 nitrogen and oxygen atoms in total. The topological polar surface area (TPSA) is 107 Å². The fourth-order valence-corrected chi connectivity index (χ4v) is 3.08. The molecule has 0 atom stereocenters. The van der Waals surface area contributed by atoms with Crippen LogP contribution in [0.25, 0.3) is 11.4 Å². The highest BCUT2D eigenvalue weighted by molar-refractivity contribution is 5.93. The summed E-state index contributed by atoms with van der Waals surface area (Å²) in [6.45, 7) is 3.91. The lowest BCUT2D eigenvalue weighted by Gasteiger charge is -2.34. The van der Waals surface area contributed by atoms with E-state index in [9.17, 15) is 9.59 Å². The predicted octanol–water partition coefficient (Wildman–Crippen LogP) is 1.28. The van der Waals surface area contributed by atoms with Crippen LogP contribution in [0.3, 0.4) is 0 Å². The van der Waals surface area contributed by atoms with Gasteiger partial charge in [-0.25, -0.2) is 20.0 Å². The van der Waals surface area contributed by atoms with E-state index in [-0.39, 0.29) is 11.8 Å². The third kappa shape index (κ3) is 4.30. The Morgan fingerprint density at radius 2 is 1.66 bits per heavy atom. The number of piperazine rings is 1. The second-order valence-corrected chi connectivity index (χ2v) is 6.80. The molecule has 2 N–H and O–H groups in total. The van der Waals surface area contributed by atoms with Crippen molar-refractivity contribution >= 4 is 11.8 Å². The number of aromatic nitrogens is 4. The van der Waals surface area contributed by atoms with E-state index in [2.05, 4.69) is 25.4 Å². The van der Waals surface area contributed by atoms with Crippen molar-refractivity contribution in [2.75, 3.05) is 26.2 Å². The zero-order chi connectivity index (χ0) is 20.2. The van der Waals surface area contributed by atoms with Gasteiger partial charge in [0.25, 0.3) is 11.8 Å². The highest BCUT2D eigenvalue weighted by Gasteiger charge is 2.25. The monoisotopic (exact) mass is 391 g/mol. The summed E-state index contributed by atoms with van der Waals surface area (Å²) in [6.07, 6.45) is 4.67. The van der Waals surface area contributed by atoms with Gasteiger partial charge < -0.3 is 9.88 Å². The number of imidazole rings is 1. The largest absolute Gasteiger partial charge is 0.338 e. The van der Waals surface area contributed by atoms with Crippen LogP contribution in [0.5, 0.6) is 0 Å². The molecule has 3 heterocycles. The molecule has 0 saturated carbocycles. The number of rotatable bonds is 4. The minimum Gasteiger partial charge on any atom is -0.338 e. The lowest BCUT2D eigenvalue weighted by molar-refractivity contribution is 0.0498. The van der Waals surface area contributed by atoms with Gasteiger partial charge in [0.2, 0.25) is 0 Å². The van der Waals surface area contributed by atoms with Crippen LogP contribution in [0, 0.1) is 6.92 Å². The molecule has 1 saturated heterocycles. The summed E-state index contributed by atoms with van der Waals surface area (Å²) < 4.78 is 0. The van der Waals surface area contributed by atoms with E-state index < -0.39 is 0 Å². The number of nitrogens with zero attached hydrogens (tertiary/aromatic N) is 5. The maximum atomic E-state index is 12.5. The number of hydrogen-bond donors (Lipinski definition) is 2. The smallest absolute Gasteiger partial charge is 0.289 e. The zero-order valence-electron chi connectivity index (χ0n) is 16.0. The molecule has 1 fully saturated rings. The molecule has 4 rings (SSSR count). The number of hydrogen-bond acceptors (Lipinski definition) is 6. The van der Waals surface area contributed by atoms with Gasteiger partial charge in [0, 0.05) is 56.0 Å². The first-order valence-electron chi connectivity index (χ1n) is 9.34. The molecular weight excluding hydrogens is 370 g/mol. The first kappa shape index (κ1) is 18.8. The number of hydrazine groups is 1. The van der Waals surface area contributed by atoms with Crippen LogP contribution in [0.2, 0.25) is 0 Å². The summed E-state index contributed by atoms with van der Waals surface area (Å²) in [5.41, 5.74) is 4.98. The van der Waals surface area contributed by atoms with Gasteiger partial charge in [0.15, 0.2) is 11.6 Å². The standard InChI is InChI=1S/C20H21N7O2/c1-14-11-21-18(24-14)20(29)26-7-9-27(10-8-26)25-19(28)16-12-22-17(23-13-16)15-5-3-2-4-6-15/h2-6,11-13H,7-10H2,1H3,(H,21,24)(H,25,28). The maximum Gasteiger partial charge on any atom is 0.289 e. The van der Waals surface area contributed by atoms with Crippen LogP contribution in [0.4, 0.5) is 0 Å². The van der Waals surface area contributed by atoms with E-state index in [1.165, 1.54) is 12.4 Å². The molecule has 0 bridgehead atoms. The van der Waals surface area contributed by atoms with E-state index in [0.717, 1.165) is 11.3 Å². The Labute approximate surface area is 167 Å². The van der Waals surface area contributed by atoms with Gasteiger partial charge in [0.1, 0.15) is 0 Å². The number of nitrogens with one attached hydrogen (secondary N) is 2. The third-order valence-corrected chi connectivity index (χ3v) is 4.68. The first-order valence-corrected chi connectivity index (χ1v) is 9.34. The number of H-pyrrole nitrogens is 1. The summed E-state index contributed by atoms with van der Waals surface area (Å²) in [5, 5.41) is 1.80. The number of aromatic amines is 1. The predicted molar refractivity (Wildman–Crippen MR) is 106 cm³/mol. The summed E-state index contributed by atoms with van der Waals surface area (Å²) >= 11 is 0. The molecular formula is C20H21N7O2. The molecule has 148 valence electrons. The Kier molecular flexibility index (Phi) is 5.30. The average Bonchev–Trinajstić information content (AvgIpc) is 3.21. The lowest BCUT2D eigenvalue weighted by atomic mass is 10.2. The van der Waals surface area contributed by atoms with Crippen molar-refractivity contribution in [3.05, 3.63) is 66.0 Å². The number of benzene rings is 1. The van der Waals surface area contributed by atoms with Gasteiger partial charge in [-0.2, -0.15) is 0 Å². The van der Waals surface area contributed by atoms with Crippen molar-refractivity contribution in [2.45, 2.75) is 6.92 Å². The van der Waals surface area contributed by atoms with Crippen LogP contribution >= 0.6 is 0 Å². The first-order chi connectivity index (χ1) is 14.1. The fourth-order valence-electron chi connectivity index (χ4n) is 3.08. The Hall–Kier alpha value is -3.59. The molecule has 2 aromatic heterocycles. The summed E-state index contributed by atoms with van der Waals surface area (Å²) in [7, 11) is 0. The Morgan fingerprint density at radius 3 is 2.28 bits per heavy atom. The number of carbonyl (C=O) groups is 2. The number of carbonyl (C=O) groups excluding carboxylic acids is 2. The normalized spacial score (nSPS) is 14.6. The van der Waals surface area contributed by atoms with Crippen molar-refractivity contribution in [3.63, 3.8) is 0 Å². The van der Waals surface area contributed by atoms with Crippen molar-refractivity contribution in [1.82, 2.24) is 35.3 Å². The lowest BCUT2D eigenvalue weighted by Crippen LogP contribution is -2.54. The van der Waals surface area contributed by atoms with E-state index in [1.54, 1.807) is 16.1 Å². The van der Waals surface area contributed by atoms with Crippen molar-refractivity contribution < 1.29 is 9.59 Å². The Bertz CT molecular complexity index is 993. The molecule has 1 aliphatic heterocycles. The molecule has 1 aromatic carbocycles. The van der Waals surface area contributed by atoms with E-state index in [1.807, 2.05) is 37.3 Å². The van der Waals surface area contributed by atoms with Crippen LogP contribution in [0.1, 0.15) is 26.7 Å². The Balaban J connectivity index is 1.31. The van der Waals surface area contributed by atoms with Gasteiger partial charge in [-0.3, -0.25) is 15.0 Å². The molecule has 0 radical (unpaired) electrons. The highest BCUT2D eigenvalue weighted by Crippen LogP contribution is 2.13. The summed E-state index contributed by atoms with van der Waals surface area (Å²) in [5.74, 6) is 0.512. The van der Waals surface area contributed by atoms with E-state index >= 15 is 0 Å². The number of aryl methyl sites for hydroxylation is 1. The quantitative estimate of drug-likeness (QED) is 0.694. The molecule has 2 amide bonds. The van der Waals surface area contributed by atoms with Crippen LogP contribution in [0.15, 0.2) is 48.9 Å². The van der Waals surface area contributed by atoms with Crippen molar-refractivity contribution in [2.24, 2.45) is 0 Å². The average molecular weight is 391 g/mol. The summed E-state index contributed by atoms with van der Waals surface area (Å²) in [6, 6.07) is 9.58. The maximum absolute atomic E-state index is 12.5. The second kappa shape index (κ2) is 8.19. The van der Waals surface area contributed by atoms with Crippen molar-refractivity contribution in [1.29, 1.82) is 0 Å². The van der Waals surface area contributed by atoms with E-state index in [4.69, 9.17) is 0 Å². The van der Waals surface area contributed by atoms with Gasteiger partial charge in [-0.1, -0.05) is 30.3 Å².